The molecule has 3 heteroatoms. The van der Waals surface area contributed by atoms with Gasteiger partial charge in [0.2, 0.25) is 0 Å². The molecule has 3 nitrogen and oxygen atoms in total. The Kier molecular flexibility index (Phi) is 7.14. The molecule has 9 aromatic carbocycles. The number of hydrogen-bond acceptors (Lipinski definition) is 3. The molecule has 2 heterocycles. The van der Waals surface area contributed by atoms with Crippen LogP contribution in [0, 0.1) is 0 Å². The van der Waals surface area contributed by atoms with Gasteiger partial charge in [-0.1, -0.05) is 176 Å². The number of benzene rings is 9. The maximum atomic E-state index is 7.20. The topological polar surface area (TPSA) is 29.5 Å². The number of rotatable bonds is 6. The molecular weight excluding hydrogens is 707 g/mol. The first kappa shape index (κ1) is 32.6. The molecule has 11 aromatic rings. The first-order valence-electron chi connectivity index (χ1n) is 19.8. The molecule has 2 aromatic heterocycles. The average Bonchev–Trinajstić information content (AvgIpc) is 3.97. The van der Waals surface area contributed by atoms with Crippen molar-refractivity contribution in [1.29, 1.82) is 0 Å². The third kappa shape index (κ3) is 4.62. The van der Waals surface area contributed by atoms with Crippen molar-refractivity contribution < 1.29 is 8.83 Å². The molecule has 0 amide bonds. The Morgan fingerprint density at radius 3 is 1.62 bits per heavy atom. The molecule has 0 N–H and O–H groups in total. The van der Waals surface area contributed by atoms with E-state index in [1.54, 1.807) is 0 Å². The fourth-order valence-corrected chi connectivity index (χ4v) is 9.72. The molecule has 0 unspecified atom stereocenters. The van der Waals surface area contributed by atoms with Gasteiger partial charge in [0.05, 0.1) is 22.2 Å². The Morgan fingerprint density at radius 2 is 0.897 bits per heavy atom. The highest BCUT2D eigenvalue weighted by Gasteiger charge is 2.48. The van der Waals surface area contributed by atoms with E-state index >= 15 is 0 Å². The molecule has 0 radical (unpaired) electrons. The summed E-state index contributed by atoms with van der Waals surface area (Å²) in [5, 5.41) is 4.27. The summed E-state index contributed by atoms with van der Waals surface area (Å²) in [7, 11) is 0. The second kappa shape index (κ2) is 12.7. The van der Waals surface area contributed by atoms with Crippen molar-refractivity contribution in [2.45, 2.75) is 5.41 Å². The predicted molar refractivity (Wildman–Crippen MR) is 238 cm³/mol. The Morgan fingerprint density at radius 1 is 0.345 bits per heavy atom. The summed E-state index contributed by atoms with van der Waals surface area (Å²) in [4.78, 5) is 2.36. The zero-order chi connectivity index (χ0) is 38.2. The molecule has 1 aliphatic rings. The van der Waals surface area contributed by atoms with Crippen LogP contribution in [-0.4, -0.2) is 0 Å². The van der Waals surface area contributed by atoms with E-state index in [2.05, 4.69) is 211 Å². The quantitative estimate of drug-likeness (QED) is 0.170. The Bertz CT molecular complexity index is 3290. The smallest absolute Gasteiger partial charge is 0.159 e. The molecular formula is C55H35NO2. The van der Waals surface area contributed by atoms with Crippen molar-refractivity contribution in [1.82, 2.24) is 0 Å². The van der Waals surface area contributed by atoms with Crippen LogP contribution in [0.4, 0.5) is 17.1 Å². The monoisotopic (exact) mass is 741 g/mol. The van der Waals surface area contributed by atoms with Gasteiger partial charge in [-0.15, -0.1) is 0 Å². The summed E-state index contributed by atoms with van der Waals surface area (Å²) < 4.78 is 14.0. The number of para-hydroxylation sites is 3. The summed E-state index contributed by atoms with van der Waals surface area (Å²) >= 11 is 0. The lowest BCUT2D eigenvalue weighted by Crippen LogP contribution is -2.29. The lowest BCUT2D eigenvalue weighted by atomic mass is 9.67. The summed E-state index contributed by atoms with van der Waals surface area (Å²) in [6.07, 6.45) is 0. The van der Waals surface area contributed by atoms with Gasteiger partial charge in [-0.2, -0.15) is 0 Å². The molecule has 0 bridgehead atoms. The van der Waals surface area contributed by atoms with Gasteiger partial charge in [0, 0.05) is 27.4 Å². The van der Waals surface area contributed by atoms with Gasteiger partial charge in [0.25, 0.3) is 0 Å². The van der Waals surface area contributed by atoms with Crippen LogP contribution in [0.5, 0.6) is 0 Å². The van der Waals surface area contributed by atoms with Crippen LogP contribution in [0.1, 0.15) is 22.3 Å². The van der Waals surface area contributed by atoms with E-state index in [-0.39, 0.29) is 0 Å². The van der Waals surface area contributed by atoms with Crippen LogP contribution >= 0.6 is 0 Å². The number of anilines is 3. The van der Waals surface area contributed by atoms with Gasteiger partial charge in [0.15, 0.2) is 5.58 Å². The van der Waals surface area contributed by atoms with Gasteiger partial charge in [-0.25, -0.2) is 0 Å². The van der Waals surface area contributed by atoms with Crippen molar-refractivity contribution in [3.05, 3.63) is 235 Å². The van der Waals surface area contributed by atoms with Crippen molar-refractivity contribution in [3.63, 3.8) is 0 Å². The van der Waals surface area contributed by atoms with E-state index in [1.807, 2.05) is 6.07 Å². The second-order valence-electron chi connectivity index (χ2n) is 15.1. The molecule has 0 saturated carbocycles. The normalized spacial score (nSPS) is 13.0. The lowest BCUT2D eigenvalue weighted by Gasteiger charge is -2.34. The van der Waals surface area contributed by atoms with Crippen molar-refractivity contribution in [3.8, 4) is 22.3 Å². The molecule has 0 spiro atoms. The molecule has 0 atom stereocenters. The van der Waals surface area contributed by atoms with E-state index in [0.717, 1.165) is 72.1 Å². The fraction of sp³-hybridized carbons (Fsp3) is 0.0182. The molecule has 0 saturated heterocycles. The van der Waals surface area contributed by atoms with Crippen LogP contribution in [0.15, 0.2) is 221 Å². The van der Waals surface area contributed by atoms with Crippen LogP contribution < -0.4 is 4.90 Å². The first-order chi connectivity index (χ1) is 28.8. The second-order valence-corrected chi connectivity index (χ2v) is 15.1. The van der Waals surface area contributed by atoms with Crippen LogP contribution in [0.25, 0.3) is 66.1 Å². The first-order valence-corrected chi connectivity index (χ1v) is 19.8. The third-order valence-electron chi connectivity index (χ3n) is 12.2. The Balaban J connectivity index is 1.19. The highest BCUT2D eigenvalue weighted by Crippen LogP contribution is 2.59. The molecule has 0 aliphatic heterocycles. The summed E-state index contributed by atoms with van der Waals surface area (Å²) in [5.41, 5.74) is 15.3. The molecule has 58 heavy (non-hydrogen) atoms. The van der Waals surface area contributed by atoms with E-state index in [4.69, 9.17) is 8.83 Å². The van der Waals surface area contributed by atoms with Crippen molar-refractivity contribution in [2.24, 2.45) is 0 Å². The van der Waals surface area contributed by atoms with E-state index in [0.29, 0.717) is 0 Å². The molecule has 0 fully saturated rings. The van der Waals surface area contributed by atoms with E-state index < -0.39 is 5.41 Å². The maximum absolute atomic E-state index is 7.20. The summed E-state index contributed by atoms with van der Waals surface area (Å²) in [5.74, 6) is 0. The standard InChI is InChI=1S/C55H35NO2/c1-3-16-36(17-4-1)37-30-32-39(33-31-37)56(49-27-15-24-43-42-22-9-13-28-50(42)57-53(43)49)48-35-34-47(54-52(48)44-23-10-14-29-51(44)58-54)55(38-18-5-2-6-19-38)45-25-11-7-20-40(45)41-21-8-12-26-46(41)55/h1-35H. The van der Waals surface area contributed by atoms with Crippen LogP contribution in [-0.2, 0) is 5.41 Å². The number of nitrogens with zero attached hydrogens (tertiary/aromatic N) is 1. The van der Waals surface area contributed by atoms with Gasteiger partial charge in [-0.3, -0.25) is 0 Å². The van der Waals surface area contributed by atoms with Crippen LogP contribution in [0.3, 0.4) is 0 Å². The Labute approximate surface area is 335 Å². The highest BCUT2D eigenvalue weighted by molar-refractivity contribution is 6.17. The molecule has 12 rings (SSSR count). The van der Waals surface area contributed by atoms with Crippen molar-refractivity contribution in [2.75, 3.05) is 4.90 Å². The van der Waals surface area contributed by atoms with E-state index in [1.165, 1.54) is 33.4 Å². The third-order valence-corrected chi connectivity index (χ3v) is 12.2. The van der Waals surface area contributed by atoms with Crippen molar-refractivity contribution >= 4 is 60.9 Å². The van der Waals surface area contributed by atoms with Gasteiger partial charge >= 0.3 is 0 Å². The maximum Gasteiger partial charge on any atom is 0.159 e. The van der Waals surface area contributed by atoms with E-state index in [9.17, 15) is 0 Å². The Hall–Kier alpha value is -7.62. The van der Waals surface area contributed by atoms with Gasteiger partial charge in [0.1, 0.15) is 16.7 Å². The average molecular weight is 742 g/mol. The number of fused-ring (bicyclic) bond motifs is 9. The highest BCUT2D eigenvalue weighted by atomic mass is 16.3. The minimum atomic E-state index is -0.639. The lowest BCUT2D eigenvalue weighted by molar-refractivity contribution is 0.648. The minimum absolute atomic E-state index is 0.639. The number of furan rings is 2. The fourth-order valence-electron chi connectivity index (χ4n) is 9.72. The zero-order valence-electron chi connectivity index (χ0n) is 31.5. The number of hydrogen-bond donors (Lipinski definition) is 0. The summed E-state index contributed by atoms with van der Waals surface area (Å²) in [6.45, 7) is 0. The SMILES string of the molecule is c1ccc(-c2ccc(N(c3cccc4c3oc3ccccc34)c3ccc(C4(c5ccccc5)c5ccccc5-c5ccccc54)c4oc5ccccc5c34)cc2)cc1. The molecule has 1 aliphatic carbocycles. The zero-order valence-corrected chi connectivity index (χ0v) is 31.5. The largest absolute Gasteiger partial charge is 0.456 e. The minimum Gasteiger partial charge on any atom is -0.456 e. The van der Waals surface area contributed by atoms with Crippen LogP contribution in [0.2, 0.25) is 0 Å². The molecule has 272 valence electrons. The summed E-state index contributed by atoms with van der Waals surface area (Å²) in [6, 6.07) is 76.0. The van der Waals surface area contributed by atoms with Gasteiger partial charge < -0.3 is 13.7 Å². The van der Waals surface area contributed by atoms with Gasteiger partial charge in [-0.05, 0) is 75.3 Å². The predicted octanol–water partition coefficient (Wildman–Crippen LogP) is 15.0.